The van der Waals surface area contributed by atoms with Crippen LogP contribution < -0.4 is 24.0 Å². The Kier molecular flexibility index (Phi) is 16.9. The first-order chi connectivity index (χ1) is 38.6. The van der Waals surface area contributed by atoms with E-state index in [1.54, 1.807) is 24.5 Å². The molecular formula is C72H61AlBN2O3. The van der Waals surface area contributed by atoms with Gasteiger partial charge in [0.25, 0.3) is 0 Å². The molecule has 2 aromatic heterocycles. The molecule has 10 aromatic carbocycles. The third-order valence-electron chi connectivity index (χ3n) is 14.5. The van der Waals surface area contributed by atoms with Crippen LogP contribution >= 0.6 is 0 Å². The van der Waals surface area contributed by atoms with Crippen LogP contribution in [0.3, 0.4) is 0 Å². The van der Waals surface area contributed by atoms with Gasteiger partial charge in [-0.3, -0.25) is 9.97 Å². The summed E-state index contributed by atoms with van der Waals surface area (Å²) in [6, 6.07) is 83.9. The molecule has 0 aliphatic heterocycles. The summed E-state index contributed by atoms with van der Waals surface area (Å²) in [5.74, 6) is 1.81. The number of fused-ring (bicyclic) bond motifs is 2. The predicted octanol–water partition coefficient (Wildman–Crippen LogP) is 15.9. The minimum atomic E-state index is -0.657. The van der Waals surface area contributed by atoms with Crippen molar-refractivity contribution in [3.05, 3.63) is 288 Å². The lowest BCUT2D eigenvalue weighted by molar-refractivity contribution is 0.461. The Bertz CT molecular complexity index is 3700. The monoisotopic (exact) mass is 1040 g/mol. The molecule has 1 N–H and O–H groups in total. The van der Waals surface area contributed by atoms with Gasteiger partial charge in [0.1, 0.15) is 22.5 Å². The van der Waals surface area contributed by atoms with Crippen LogP contribution in [0.1, 0.15) is 33.4 Å². The number of phenols is 1. The maximum absolute atomic E-state index is 9.31. The lowest BCUT2D eigenvalue weighted by Gasteiger charge is -2.28. The molecule has 12 rings (SSSR count). The van der Waals surface area contributed by atoms with Crippen LogP contribution in [0.4, 0.5) is 0 Å². The molecule has 383 valence electrons. The first-order valence-corrected chi connectivity index (χ1v) is 27.7. The number of para-hydroxylation sites is 2. The van der Waals surface area contributed by atoms with E-state index in [1.807, 2.05) is 78.9 Å². The van der Waals surface area contributed by atoms with E-state index in [0.717, 1.165) is 27.8 Å². The van der Waals surface area contributed by atoms with Crippen LogP contribution in [-0.2, 0) is 0 Å². The third kappa shape index (κ3) is 12.6. The van der Waals surface area contributed by atoms with E-state index in [1.165, 1.54) is 94.3 Å². The second-order valence-electron chi connectivity index (χ2n) is 20.0. The van der Waals surface area contributed by atoms with Crippen LogP contribution in [0.5, 0.6) is 17.2 Å². The van der Waals surface area contributed by atoms with Crippen molar-refractivity contribution in [1.82, 2.24) is 9.97 Å². The summed E-state index contributed by atoms with van der Waals surface area (Å²) in [7, 11) is 0. The second-order valence-corrected chi connectivity index (χ2v) is 20.7. The normalized spacial score (nSPS) is 10.7. The maximum atomic E-state index is 9.31. The van der Waals surface area contributed by atoms with Crippen molar-refractivity contribution in [1.29, 1.82) is 0 Å². The van der Waals surface area contributed by atoms with E-state index < -0.39 is 15.9 Å². The number of aromatic nitrogens is 2. The maximum Gasteiger partial charge on any atom is 0.881 e. The SMILES string of the molecule is Cc1cc(-c2ccccc2)cc(C)c1B(c1c(C)cc(-c2ccccc2)cc1C)c1c(C)cc(-c2ccccc2)cc1C.Oc1cccc2cccnc12.c1ccc(-c2ccc([O][Al][O]c3cccc4cccnc34)cc2)cc1. The molecule has 0 saturated carbocycles. The molecule has 0 unspecified atom stereocenters. The van der Waals surface area contributed by atoms with Crippen molar-refractivity contribution in [2.24, 2.45) is 0 Å². The van der Waals surface area contributed by atoms with Gasteiger partial charge in [-0.05, 0) is 122 Å². The van der Waals surface area contributed by atoms with Gasteiger partial charge in [0.15, 0.2) is 0 Å². The van der Waals surface area contributed by atoms with E-state index in [2.05, 4.69) is 203 Å². The Labute approximate surface area is 472 Å². The summed E-state index contributed by atoms with van der Waals surface area (Å²) in [6.45, 7) is 13.9. The standard InChI is InChI=1S/C42H39B.C12H10O.2C9H7NO.Al/c1-28-22-37(34-16-10-7-11-17-34)23-29(2)40(28)43(41-30(3)24-38(25-31(41)4)35-18-12-8-13-19-35)42-32(5)26-39(27-33(42)6)36-20-14-9-15-21-36;13-12-8-6-11(7-9-12)10-4-2-1-3-5-10;2*11-8-5-1-3-7-4-2-6-10-9(7)8;/h7-27H,1-6H3;1-9,13H;2*1-6,11H;/q;;;;+2/p-2. The third-order valence-corrected chi connectivity index (χ3v) is 15.2. The molecule has 0 spiro atoms. The highest BCUT2D eigenvalue weighted by Gasteiger charge is 2.31. The van der Waals surface area contributed by atoms with Gasteiger partial charge in [-0.15, -0.1) is 0 Å². The summed E-state index contributed by atoms with van der Waals surface area (Å²) in [6.07, 6.45) is 3.44. The van der Waals surface area contributed by atoms with E-state index in [9.17, 15) is 5.11 Å². The van der Waals surface area contributed by atoms with E-state index >= 15 is 0 Å². The molecule has 12 aromatic rings. The van der Waals surface area contributed by atoms with Crippen molar-refractivity contribution in [2.75, 3.05) is 0 Å². The summed E-state index contributed by atoms with van der Waals surface area (Å²) in [5.41, 5.74) is 23.7. The number of hydrogen-bond acceptors (Lipinski definition) is 5. The van der Waals surface area contributed by atoms with Crippen LogP contribution in [0, 0.1) is 41.5 Å². The fourth-order valence-corrected chi connectivity index (χ4v) is 11.5. The number of nitrogens with zero attached hydrogens (tertiary/aromatic N) is 2. The van der Waals surface area contributed by atoms with Gasteiger partial charge in [0, 0.05) is 23.2 Å². The topological polar surface area (TPSA) is 64.5 Å². The molecule has 1 radical (unpaired) electrons. The van der Waals surface area contributed by atoms with Crippen molar-refractivity contribution >= 4 is 60.8 Å². The summed E-state index contributed by atoms with van der Waals surface area (Å²) in [4.78, 5) is 8.42. The molecule has 0 fully saturated rings. The molecule has 0 amide bonds. The van der Waals surface area contributed by atoms with Gasteiger partial charge in [-0.1, -0.05) is 256 Å². The quantitative estimate of drug-likeness (QED) is 0.131. The Morgan fingerprint density at radius 2 is 0.671 bits per heavy atom. The van der Waals surface area contributed by atoms with Crippen LogP contribution in [0.25, 0.3) is 66.3 Å². The van der Waals surface area contributed by atoms with Gasteiger partial charge in [-0.2, -0.15) is 0 Å². The first kappa shape index (κ1) is 53.4. The van der Waals surface area contributed by atoms with E-state index in [4.69, 9.17) is 7.58 Å². The molecule has 0 aliphatic carbocycles. The van der Waals surface area contributed by atoms with Gasteiger partial charge >= 0.3 is 15.9 Å². The van der Waals surface area contributed by atoms with Gasteiger partial charge in [0.05, 0.1) is 5.75 Å². The number of aromatic hydroxyl groups is 1. The van der Waals surface area contributed by atoms with E-state index in [0.29, 0.717) is 5.52 Å². The summed E-state index contributed by atoms with van der Waals surface area (Å²) >= 11 is -0.657. The largest absolute Gasteiger partial charge is 0.881 e. The number of pyridine rings is 2. The Morgan fingerprint density at radius 3 is 1.08 bits per heavy atom. The lowest BCUT2D eigenvalue weighted by atomic mass is 9.33. The molecule has 2 heterocycles. The Hall–Kier alpha value is -8.98. The highest BCUT2D eigenvalue weighted by molar-refractivity contribution is 6.97. The Morgan fingerprint density at radius 1 is 0.329 bits per heavy atom. The minimum Gasteiger partial charge on any atom is -0.616 e. The van der Waals surface area contributed by atoms with Gasteiger partial charge < -0.3 is 12.7 Å². The zero-order chi connectivity index (χ0) is 54.7. The lowest BCUT2D eigenvalue weighted by Crippen LogP contribution is -2.57. The van der Waals surface area contributed by atoms with E-state index in [-0.39, 0.29) is 12.5 Å². The van der Waals surface area contributed by atoms with Crippen LogP contribution in [0.15, 0.2) is 255 Å². The van der Waals surface area contributed by atoms with Crippen molar-refractivity contribution in [3.63, 3.8) is 0 Å². The highest BCUT2D eigenvalue weighted by Crippen LogP contribution is 2.29. The highest BCUT2D eigenvalue weighted by atomic mass is 27.2. The predicted molar refractivity (Wildman–Crippen MR) is 333 cm³/mol. The Balaban J connectivity index is 0.000000162. The molecule has 0 bridgehead atoms. The molecule has 79 heavy (non-hydrogen) atoms. The molecule has 7 heteroatoms. The fourth-order valence-electron chi connectivity index (χ4n) is 10.9. The summed E-state index contributed by atoms with van der Waals surface area (Å²) < 4.78 is 11.6. The van der Waals surface area contributed by atoms with Crippen molar-refractivity contribution < 1.29 is 12.7 Å². The average molecular weight is 1040 g/mol. The van der Waals surface area contributed by atoms with Gasteiger partial charge in [-0.25, -0.2) is 0 Å². The zero-order valence-corrected chi connectivity index (χ0v) is 46.7. The molecule has 0 atom stereocenters. The molecule has 0 aliphatic rings. The smallest absolute Gasteiger partial charge is 0.616 e. The van der Waals surface area contributed by atoms with Crippen LogP contribution in [0.2, 0.25) is 0 Å². The number of rotatable bonds is 11. The number of phenolic OH excluding ortho intramolecular Hbond substituents is 1. The van der Waals surface area contributed by atoms with Crippen molar-refractivity contribution in [3.8, 4) is 61.8 Å². The van der Waals surface area contributed by atoms with Crippen LogP contribution in [-0.4, -0.2) is 37.7 Å². The minimum absolute atomic E-state index is 0.125. The summed E-state index contributed by atoms with van der Waals surface area (Å²) in [5, 5.41) is 11.3. The second kappa shape index (κ2) is 25.0. The number of aryl methyl sites for hydroxylation is 6. The first-order valence-electron chi connectivity index (χ1n) is 26.8. The molecule has 0 saturated heterocycles. The average Bonchev–Trinajstić information content (AvgIpc) is 3.60. The number of hydrogen-bond donors (Lipinski definition) is 1. The zero-order valence-electron chi connectivity index (χ0n) is 45.6. The fraction of sp³-hybridized carbons (Fsp3) is 0.0833. The van der Waals surface area contributed by atoms with Gasteiger partial charge in [0.2, 0.25) is 6.71 Å². The molecular weight excluding hydrogens is 979 g/mol. The number of benzene rings is 10. The molecule has 5 nitrogen and oxygen atoms in total. The van der Waals surface area contributed by atoms with Crippen molar-refractivity contribution in [2.45, 2.75) is 41.5 Å².